The topological polar surface area (TPSA) is 54.5 Å². The van der Waals surface area contributed by atoms with E-state index in [1.807, 2.05) is 24.3 Å². The number of hydrogen-bond acceptors (Lipinski definition) is 3. The predicted octanol–water partition coefficient (Wildman–Crippen LogP) is 4.69. The summed E-state index contributed by atoms with van der Waals surface area (Å²) >= 11 is 0. The number of benzene rings is 1. The van der Waals surface area contributed by atoms with Crippen molar-refractivity contribution in [2.24, 2.45) is 0 Å². The van der Waals surface area contributed by atoms with Crippen LogP contribution in [0.15, 0.2) is 42.6 Å². The Balaban J connectivity index is 1.50. The number of urea groups is 1. The molecule has 0 saturated carbocycles. The van der Waals surface area contributed by atoms with E-state index in [1.54, 1.807) is 0 Å². The van der Waals surface area contributed by atoms with E-state index in [0.717, 1.165) is 23.9 Å². The van der Waals surface area contributed by atoms with E-state index in [0.29, 0.717) is 5.69 Å². The molecule has 0 bridgehead atoms. The first-order chi connectivity index (χ1) is 13.0. The fraction of sp³-hybridized carbons (Fsp3) is 0.400. The third kappa shape index (κ3) is 4.74. The number of likely N-dealkylation sites (tertiary alicyclic amines) is 1. The van der Waals surface area contributed by atoms with Crippen LogP contribution in [0, 0.1) is 0 Å². The zero-order chi connectivity index (χ0) is 20.5. The van der Waals surface area contributed by atoms with E-state index in [4.69, 9.17) is 4.74 Å². The zero-order valence-electron chi connectivity index (χ0n) is 15.9. The molecule has 1 fully saturated rings. The van der Waals surface area contributed by atoms with Gasteiger partial charge in [-0.2, -0.15) is 13.2 Å². The van der Waals surface area contributed by atoms with Crippen molar-refractivity contribution < 1.29 is 22.7 Å². The molecule has 5 nitrogen and oxygen atoms in total. The second-order valence-electron chi connectivity index (χ2n) is 7.78. The van der Waals surface area contributed by atoms with E-state index in [-0.39, 0.29) is 36.5 Å². The van der Waals surface area contributed by atoms with Crippen molar-refractivity contribution in [3.8, 4) is 5.88 Å². The number of aromatic nitrogens is 1. The number of carbonyl (C=O) groups is 1. The molecule has 1 aliphatic heterocycles. The molecule has 1 aromatic carbocycles. The van der Waals surface area contributed by atoms with Gasteiger partial charge in [0.1, 0.15) is 6.10 Å². The van der Waals surface area contributed by atoms with Gasteiger partial charge in [0.05, 0.1) is 18.7 Å². The molecule has 1 N–H and O–H groups in total. The van der Waals surface area contributed by atoms with E-state index >= 15 is 0 Å². The first kappa shape index (κ1) is 20.0. The van der Waals surface area contributed by atoms with Crippen molar-refractivity contribution in [2.75, 3.05) is 18.4 Å². The Labute approximate surface area is 161 Å². The summed E-state index contributed by atoms with van der Waals surface area (Å²) in [4.78, 5) is 17.6. The Morgan fingerprint density at radius 2 is 1.75 bits per heavy atom. The highest BCUT2D eigenvalue weighted by atomic mass is 19.4. The van der Waals surface area contributed by atoms with Crippen LogP contribution in [0.1, 0.15) is 31.9 Å². The number of anilines is 1. The number of amides is 2. The summed E-state index contributed by atoms with van der Waals surface area (Å²) < 4.78 is 43.6. The standard InChI is InChI=1S/C20H22F3N3O2/c1-19(2,3)13-4-6-15(7-5-13)25-18(27)26-11-16(12-26)28-17-10-14(8-9-24-17)20(21,22)23/h4-10,16H,11-12H2,1-3H3,(H,25,27). The molecule has 150 valence electrons. The molecule has 2 amide bonds. The quantitative estimate of drug-likeness (QED) is 0.823. The SMILES string of the molecule is CC(C)(C)c1ccc(NC(=O)N2CC(Oc3cc(C(F)(F)F)ccn3)C2)cc1. The van der Waals surface area contributed by atoms with Gasteiger partial charge in [-0.25, -0.2) is 9.78 Å². The fourth-order valence-corrected chi connectivity index (χ4v) is 2.76. The van der Waals surface area contributed by atoms with Crippen LogP contribution in [-0.2, 0) is 11.6 Å². The molecular formula is C20H22F3N3O2. The van der Waals surface area contributed by atoms with Crippen LogP contribution in [-0.4, -0.2) is 35.1 Å². The monoisotopic (exact) mass is 393 g/mol. The molecule has 1 aromatic heterocycles. The average molecular weight is 393 g/mol. The third-order valence-electron chi connectivity index (χ3n) is 4.49. The number of alkyl halides is 3. The number of nitrogens with one attached hydrogen (secondary N) is 1. The number of pyridine rings is 1. The Kier molecular flexibility index (Phi) is 5.23. The normalized spacial score (nSPS) is 15.1. The molecular weight excluding hydrogens is 371 g/mol. The minimum Gasteiger partial charge on any atom is -0.471 e. The molecule has 1 aliphatic rings. The maximum absolute atomic E-state index is 12.7. The predicted molar refractivity (Wildman–Crippen MR) is 99.4 cm³/mol. The van der Waals surface area contributed by atoms with E-state index in [1.165, 1.54) is 4.90 Å². The van der Waals surface area contributed by atoms with Crippen LogP contribution < -0.4 is 10.1 Å². The van der Waals surface area contributed by atoms with Gasteiger partial charge in [-0.3, -0.25) is 0 Å². The van der Waals surface area contributed by atoms with Gasteiger partial charge in [-0.15, -0.1) is 0 Å². The van der Waals surface area contributed by atoms with Gasteiger partial charge in [0, 0.05) is 18.0 Å². The lowest BCUT2D eigenvalue weighted by molar-refractivity contribution is -0.137. The second kappa shape index (κ2) is 7.33. The van der Waals surface area contributed by atoms with E-state index < -0.39 is 11.7 Å². The van der Waals surface area contributed by atoms with E-state index in [2.05, 4.69) is 31.1 Å². The molecule has 0 unspecified atom stereocenters. The van der Waals surface area contributed by atoms with Crippen molar-refractivity contribution in [3.63, 3.8) is 0 Å². The molecule has 2 aromatic rings. The van der Waals surface area contributed by atoms with Crippen molar-refractivity contribution in [3.05, 3.63) is 53.7 Å². The summed E-state index contributed by atoms with van der Waals surface area (Å²) in [5.74, 6) is -0.0994. The van der Waals surface area contributed by atoms with Crippen molar-refractivity contribution in [1.29, 1.82) is 0 Å². The molecule has 28 heavy (non-hydrogen) atoms. The van der Waals surface area contributed by atoms with Crippen LogP contribution in [0.2, 0.25) is 0 Å². The molecule has 2 heterocycles. The Hall–Kier alpha value is -2.77. The minimum atomic E-state index is -4.45. The fourth-order valence-electron chi connectivity index (χ4n) is 2.76. The average Bonchev–Trinajstić information content (AvgIpc) is 2.57. The van der Waals surface area contributed by atoms with Gasteiger partial charge >= 0.3 is 12.2 Å². The Morgan fingerprint density at radius 1 is 1.11 bits per heavy atom. The lowest BCUT2D eigenvalue weighted by Crippen LogP contribution is -2.57. The molecule has 1 saturated heterocycles. The highest BCUT2D eigenvalue weighted by Gasteiger charge is 2.34. The van der Waals surface area contributed by atoms with E-state index in [9.17, 15) is 18.0 Å². The minimum absolute atomic E-state index is 0.0298. The van der Waals surface area contributed by atoms with Crippen molar-refractivity contribution >= 4 is 11.7 Å². The zero-order valence-corrected chi connectivity index (χ0v) is 15.9. The maximum atomic E-state index is 12.7. The lowest BCUT2D eigenvalue weighted by atomic mass is 9.87. The maximum Gasteiger partial charge on any atom is 0.416 e. The lowest BCUT2D eigenvalue weighted by Gasteiger charge is -2.38. The van der Waals surface area contributed by atoms with Crippen LogP contribution in [0.25, 0.3) is 0 Å². The molecule has 0 atom stereocenters. The van der Waals surface area contributed by atoms with Gasteiger partial charge in [-0.05, 0) is 29.2 Å². The molecule has 0 radical (unpaired) electrons. The van der Waals surface area contributed by atoms with Gasteiger partial charge in [0.15, 0.2) is 0 Å². The van der Waals surface area contributed by atoms with Crippen LogP contribution >= 0.6 is 0 Å². The number of ether oxygens (including phenoxy) is 1. The van der Waals surface area contributed by atoms with Gasteiger partial charge < -0.3 is 15.0 Å². The second-order valence-corrected chi connectivity index (χ2v) is 7.78. The van der Waals surface area contributed by atoms with Crippen LogP contribution in [0.3, 0.4) is 0 Å². The smallest absolute Gasteiger partial charge is 0.416 e. The van der Waals surface area contributed by atoms with Crippen LogP contribution in [0.4, 0.5) is 23.7 Å². The number of carbonyl (C=O) groups excluding carboxylic acids is 1. The summed E-state index contributed by atoms with van der Waals surface area (Å²) in [7, 11) is 0. The highest BCUT2D eigenvalue weighted by molar-refractivity contribution is 5.89. The summed E-state index contributed by atoms with van der Waals surface area (Å²) in [6.45, 7) is 6.90. The first-order valence-electron chi connectivity index (χ1n) is 8.89. The molecule has 0 spiro atoms. The summed E-state index contributed by atoms with van der Waals surface area (Å²) in [6.07, 6.45) is -3.78. The summed E-state index contributed by atoms with van der Waals surface area (Å²) in [6, 6.07) is 9.10. The number of nitrogens with zero attached hydrogens (tertiary/aromatic N) is 2. The number of halogens is 3. The first-order valence-corrected chi connectivity index (χ1v) is 8.89. The Bertz CT molecular complexity index is 839. The molecule has 3 rings (SSSR count). The largest absolute Gasteiger partial charge is 0.471 e. The van der Waals surface area contributed by atoms with Gasteiger partial charge in [-0.1, -0.05) is 32.9 Å². The number of rotatable bonds is 3. The Morgan fingerprint density at radius 3 is 2.32 bits per heavy atom. The molecule has 0 aliphatic carbocycles. The summed E-state index contributed by atoms with van der Waals surface area (Å²) in [5, 5.41) is 2.80. The number of hydrogen-bond donors (Lipinski definition) is 1. The molecule has 8 heteroatoms. The third-order valence-corrected chi connectivity index (χ3v) is 4.49. The highest BCUT2D eigenvalue weighted by Crippen LogP contribution is 2.31. The summed E-state index contributed by atoms with van der Waals surface area (Å²) in [5.41, 5.74) is 1.06. The van der Waals surface area contributed by atoms with Crippen molar-refractivity contribution in [1.82, 2.24) is 9.88 Å². The van der Waals surface area contributed by atoms with Crippen LogP contribution in [0.5, 0.6) is 5.88 Å². The van der Waals surface area contributed by atoms with Gasteiger partial charge in [0.2, 0.25) is 5.88 Å². The van der Waals surface area contributed by atoms with Crippen molar-refractivity contribution in [2.45, 2.75) is 38.5 Å². The van der Waals surface area contributed by atoms with Gasteiger partial charge in [0.25, 0.3) is 0 Å².